The zero-order valence-electron chi connectivity index (χ0n) is 19.3. The summed E-state index contributed by atoms with van der Waals surface area (Å²) in [5.74, 6) is -0.646. The lowest BCUT2D eigenvalue weighted by atomic mass is 9.94. The van der Waals surface area contributed by atoms with Crippen molar-refractivity contribution in [1.82, 2.24) is 0 Å². The smallest absolute Gasteiger partial charge is 0.300 e. The van der Waals surface area contributed by atoms with E-state index in [0.717, 1.165) is 11.1 Å². The molecule has 1 heterocycles. The Labute approximate surface area is 204 Å². The van der Waals surface area contributed by atoms with Crippen molar-refractivity contribution in [2.75, 3.05) is 11.5 Å². The number of carbonyl (C=O) groups excluding carboxylic acids is 2. The van der Waals surface area contributed by atoms with Gasteiger partial charge in [0.1, 0.15) is 11.5 Å². The fourth-order valence-electron chi connectivity index (χ4n) is 4.01. The Kier molecular flexibility index (Phi) is 6.75. The number of amides is 1. The highest BCUT2D eigenvalue weighted by molar-refractivity contribution is 6.51. The first kappa shape index (κ1) is 23.6. The van der Waals surface area contributed by atoms with Gasteiger partial charge in [-0.25, -0.2) is 0 Å². The number of hydrogen-bond donors (Lipinski definition) is 1. The van der Waals surface area contributed by atoms with Gasteiger partial charge in [-0.2, -0.15) is 0 Å². The number of carbonyl (C=O) groups is 2. The van der Waals surface area contributed by atoms with E-state index < -0.39 is 17.7 Å². The fourth-order valence-corrected chi connectivity index (χ4v) is 4.20. The third-order valence-electron chi connectivity index (χ3n) is 5.60. The van der Waals surface area contributed by atoms with Gasteiger partial charge in [0.25, 0.3) is 11.7 Å². The molecule has 5 nitrogen and oxygen atoms in total. The van der Waals surface area contributed by atoms with Crippen LogP contribution in [0.3, 0.4) is 0 Å². The van der Waals surface area contributed by atoms with Gasteiger partial charge in [0.2, 0.25) is 0 Å². The van der Waals surface area contributed by atoms with Gasteiger partial charge >= 0.3 is 0 Å². The number of halogens is 1. The van der Waals surface area contributed by atoms with Crippen molar-refractivity contribution in [2.45, 2.75) is 26.8 Å². The number of hydrogen-bond acceptors (Lipinski definition) is 4. The summed E-state index contributed by atoms with van der Waals surface area (Å²) in [4.78, 5) is 27.9. The third kappa shape index (κ3) is 4.70. The molecule has 1 amide bonds. The number of nitrogens with zero attached hydrogens (tertiary/aromatic N) is 1. The minimum absolute atomic E-state index is 0.0259. The first-order valence-electron chi connectivity index (χ1n) is 11.1. The summed E-state index contributed by atoms with van der Waals surface area (Å²) < 4.78 is 5.76. The second kappa shape index (κ2) is 9.74. The molecular formula is C28H26ClNO4. The molecule has 0 aromatic heterocycles. The Morgan fingerprint density at radius 3 is 2.38 bits per heavy atom. The maximum atomic E-state index is 13.3. The molecule has 1 N–H and O–H groups in total. The van der Waals surface area contributed by atoms with Crippen molar-refractivity contribution >= 4 is 34.7 Å². The maximum absolute atomic E-state index is 13.3. The number of rotatable bonds is 6. The Morgan fingerprint density at radius 1 is 1.03 bits per heavy atom. The zero-order chi connectivity index (χ0) is 24.4. The Hall–Kier alpha value is -3.57. The van der Waals surface area contributed by atoms with E-state index in [1.54, 1.807) is 48.5 Å². The summed E-state index contributed by atoms with van der Waals surface area (Å²) >= 11 is 6.11. The van der Waals surface area contributed by atoms with Crippen LogP contribution in [0, 0.1) is 12.8 Å². The molecule has 1 aliphatic heterocycles. The molecule has 0 spiro atoms. The highest BCUT2D eigenvalue weighted by Crippen LogP contribution is 2.42. The minimum Gasteiger partial charge on any atom is -0.507 e. The molecule has 3 aromatic rings. The van der Waals surface area contributed by atoms with Gasteiger partial charge in [-0.3, -0.25) is 14.5 Å². The van der Waals surface area contributed by atoms with Crippen LogP contribution in [0.4, 0.5) is 5.69 Å². The van der Waals surface area contributed by atoms with E-state index in [0.29, 0.717) is 34.5 Å². The van der Waals surface area contributed by atoms with Crippen LogP contribution < -0.4 is 9.64 Å². The highest BCUT2D eigenvalue weighted by Gasteiger charge is 2.47. The molecule has 1 unspecified atom stereocenters. The Morgan fingerprint density at radius 2 is 1.74 bits per heavy atom. The van der Waals surface area contributed by atoms with Gasteiger partial charge in [0, 0.05) is 16.3 Å². The Balaban J connectivity index is 1.83. The predicted molar refractivity (Wildman–Crippen MR) is 134 cm³/mol. The maximum Gasteiger partial charge on any atom is 0.300 e. The number of aliphatic hydroxyl groups excluding tert-OH is 1. The summed E-state index contributed by atoms with van der Waals surface area (Å²) in [6.45, 7) is 6.64. The second-order valence-electron chi connectivity index (χ2n) is 8.79. The van der Waals surface area contributed by atoms with Gasteiger partial charge in [0.15, 0.2) is 0 Å². The van der Waals surface area contributed by atoms with Crippen molar-refractivity contribution in [3.05, 3.63) is 100 Å². The van der Waals surface area contributed by atoms with Gasteiger partial charge < -0.3 is 9.84 Å². The second-order valence-corrected chi connectivity index (χ2v) is 9.23. The first-order chi connectivity index (χ1) is 16.3. The number of benzene rings is 3. The standard InChI is InChI=1S/C28H26ClNO4/c1-17(2)16-34-23-12-10-22(11-13-23)30-25(19-7-4-6-18(3)14-19)24(27(32)28(30)33)26(31)20-8-5-9-21(29)15-20/h4-15,17,25,31H,16H2,1-3H3/b26-24-. The average molecular weight is 476 g/mol. The Bertz CT molecular complexity index is 1260. The van der Waals surface area contributed by atoms with Crippen molar-refractivity contribution < 1.29 is 19.4 Å². The molecule has 4 rings (SSSR count). The van der Waals surface area contributed by atoms with Crippen LogP contribution in [-0.4, -0.2) is 23.4 Å². The van der Waals surface area contributed by atoms with E-state index in [2.05, 4.69) is 13.8 Å². The van der Waals surface area contributed by atoms with E-state index in [9.17, 15) is 14.7 Å². The fraction of sp³-hybridized carbons (Fsp3) is 0.214. The number of anilines is 1. The lowest BCUT2D eigenvalue weighted by molar-refractivity contribution is -0.132. The summed E-state index contributed by atoms with van der Waals surface area (Å²) in [5.41, 5.74) is 2.64. The predicted octanol–water partition coefficient (Wildman–Crippen LogP) is 6.31. The van der Waals surface area contributed by atoms with Crippen LogP contribution in [0.2, 0.25) is 5.02 Å². The van der Waals surface area contributed by atoms with Crippen molar-refractivity contribution in [2.24, 2.45) is 5.92 Å². The molecule has 1 fully saturated rings. The SMILES string of the molecule is Cc1cccc(C2/C(=C(/O)c3cccc(Cl)c3)C(=O)C(=O)N2c2ccc(OCC(C)C)cc2)c1. The van der Waals surface area contributed by atoms with Crippen LogP contribution in [0.1, 0.15) is 36.6 Å². The zero-order valence-corrected chi connectivity index (χ0v) is 20.0. The molecule has 0 saturated carbocycles. The summed E-state index contributed by atoms with van der Waals surface area (Å²) in [7, 11) is 0. The number of aryl methyl sites for hydroxylation is 1. The largest absolute Gasteiger partial charge is 0.507 e. The lowest BCUT2D eigenvalue weighted by Crippen LogP contribution is -2.29. The van der Waals surface area contributed by atoms with Gasteiger partial charge in [0.05, 0.1) is 18.2 Å². The molecule has 0 bridgehead atoms. The quantitative estimate of drug-likeness (QED) is 0.258. The molecule has 34 heavy (non-hydrogen) atoms. The van der Waals surface area contributed by atoms with Gasteiger partial charge in [-0.15, -0.1) is 0 Å². The summed E-state index contributed by atoms with van der Waals surface area (Å²) in [6, 6.07) is 20.4. The molecule has 6 heteroatoms. The normalized spacial score (nSPS) is 17.4. The van der Waals surface area contributed by atoms with E-state index in [4.69, 9.17) is 16.3 Å². The molecule has 0 aliphatic carbocycles. The van der Waals surface area contributed by atoms with Crippen LogP contribution >= 0.6 is 11.6 Å². The van der Waals surface area contributed by atoms with E-state index >= 15 is 0 Å². The molecule has 1 atom stereocenters. The minimum atomic E-state index is -0.790. The molecule has 3 aromatic carbocycles. The van der Waals surface area contributed by atoms with E-state index in [1.165, 1.54) is 4.90 Å². The van der Waals surface area contributed by atoms with Crippen LogP contribution in [0.25, 0.3) is 5.76 Å². The van der Waals surface area contributed by atoms with Crippen molar-refractivity contribution in [3.8, 4) is 5.75 Å². The number of ketones is 1. The summed E-state index contributed by atoms with van der Waals surface area (Å²) in [5, 5.41) is 11.6. The molecule has 0 radical (unpaired) electrons. The summed E-state index contributed by atoms with van der Waals surface area (Å²) in [6.07, 6.45) is 0. The van der Waals surface area contributed by atoms with Crippen LogP contribution in [0.15, 0.2) is 78.4 Å². The molecule has 174 valence electrons. The van der Waals surface area contributed by atoms with E-state index in [1.807, 2.05) is 31.2 Å². The molecule has 1 saturated heterocycles. The molecule has 1 aliphatic rings. The van der Waals surface area contributed by atoms with Crippen LogP contribution in [0.5, 0.6) is 5.75 Å². The number of Topliss-reactive ketones (excluding diaryl/α,β-unsaturated/α-hetero) is 1. The van der Waals surface area contributed by atoms with Crippen molar-refractivity contribution in [3.63, 3.8) is 0 Å². The number of aliphatic hydroxyl groups is 1. The first-order valence-corrected chi connectivity index (χ1v) is 11.5. The van der Waals surface area contributed by atoms with Gasteiger partial charge in [-0.1, -0.05) is 67.4 Å². The highest BCUT2D eigenvalue weighted by atomic mass is 35.5. The van der Waals surface area contributed by atoms with Gasteiger partial charge in [-0.05, 0) is 54.8 Å². The van der Waals surface area contributed by atoms with Crippen molar-refractivity contribution in [1.29, 1.82) is 0 Å². The number of ether oxygens (including phenoxy) is 1. The average Bonchev–Trinajstić information content (AvgIpc) is 3.08. The van der Waals surface area contributed by atoms with E-state index in [-0.39, 0.29) is 11.3 Å². The monoisotopic (exact) mass is 475 g/mol. The third-order valence-corrected chi connectivity index (χ3v) is 5.83. The molecular weight excluding hydrogens is 450 g/mol. The van der Waals surface area contributed by atoms with Crippen LogP contribution in [-0.2, 0) is 9.59 Å². The topological polar surface area (TPSA) is 66.8 Å². The lowest BCUT2D eigenvalue weighted by Gasteiger charge is -2.26.